The quantitative estimate of drug-likeness (QED) is 0.273. The molecule has 1 fully saturated rings. The lowest BCUT2D eigenvalue weighted by atomic mass is 10.1. The van der Waals surface area contributed by atoms with Crippen molar-refractivity contribution in [1.29, 1.82) is 0 Å². The molecule has 5 nitrogen and oxygen atoms in total. The van der Waals surface area contributed by atoms with Crippen LogP contribution in [0.4, 0.5) is 0 Å². The first-order chi connectivity index (χ1) is 12.5. The van der Waals surface area contributed by atoms with Gasteiger partial charge < -0.3 is 9.59 Å². The predicted octanol–water partition coefficient (Wildman–Crippen LogP) is 3.50. The Labute approximate surface area is 160 Å². The van der Waals surface area contributed by atoms with Gasteiger partial charge in [-0.2, -0.15) is 0 Å². The van der Waals surface area contributed by atoms with Crippen molar-refractivity contribution in [1.82, 2.24) is 4.90 Å². The van der Waals surface area contributed by atoms with E-state index in [2.05, 4.69) is 14.1 Å². The molecule has 2 amide bonds. The van der Waals surface area contributed by atoms with Crippen molar-refractivity contribution in [3.8, 4) is 0 Å². The topological polar surface area (TPSA) is 57.6 Å². The highest BCUT2D eigenvalue weighted by Gasteiger charge is 2.26. The van der Waals surface area contributed by atoms with Crippen LogP contribution in [0, 0.1) is 0 Å². The van der Waals surface area contributed by atoms with E-state index >= 15 is 0 Å². The zero-order valence-electron chi connectivity index (χ0n) is 17.2. The summed E-state index contributed by atoms with van der Waals surface area (Å²) in [6, 6.07) is 0. The average molecular weight is 370 g/mol. The number of rotatable bonds is 15. The van der Waals surface area contributed by atoms with Gasteiger partial charge in [0.1, 0.15) is 0 Å². The molecular weight excluding hydrogens is 328 g/mol. The van der Waals surface area contributed by atoms with Gasteiger partial charge in [0.05, 0.1) is 27.2 Å². The zero-order chi connectivity index (χ0) is 19.3. The van der Waals surface area contributed by atoms with Gasteiger partial charge in [0.25, 0.3) is 0 Å². The number of aliphatic hydroxyl groups is 1. The minimum Gasteiger partial charge on any atom is -0.396 e. The summed E-state index contributed by atoms with van der Waals surface area (Å²) in [5.74, 6) is 0.0332. The molecular formula is C21H41N2O3+. The van der Waals surface area contributed by atoms with Gasteiger partial charge in [-0.25, -0.2) is 0 Å². The number of hydrogen-bond donors (Lipinski definition) is 1. The summed E-state index contributed by atoms with van der Waals surface area (Å²) in [5.41, 5.74) is 0. The van der Waals surface area contributed by atoms with Crippen LogP contribution in [0.1, 0.15) is 83.5 Å². The maximum Gasteiger partial charge on any atom is 0.229 e. The van der Waals surface area contributed by atoms with E-state index in [4.69, 9.17) is 5.11 Å². The fraction of sp³-hybridized carbons (Fsp3) is 0.905. The molecule has 152 valence electrons. The summed E-state index contributed by atoms with van der Waals surface area (Å²) in [5, 5.41) is 8.74. The number of carbonyl (C=O) groups is 2. The van der Waals surface area contributed by atoms with Crippen LogP contribution < -0.4 is 0 Å². The summed E-state index contributed by atoms with van der Waals surface area (Å²) in [7, 11) is 4.50. The molecule has 26 heavy (non-hydrogen) atoms. The van der Waals surface area contributed by atoms with Gasteiger partial charge >= 0.3 is 0 Å². The maximum absolute atomic E-state index is 11.8. The maximum atomic E-state index is 11.8. The highest BCUT2D eigenvalue weighted by molar-refractivity contribution is 5.97. The minimum atomic E-state index is 0.0166. The second-order valence-corrected chi connectivity index (χ2v) is 8.43. The van der Waals surface area contributed by atoms with Gasteiger partial charge in [0.2, 0.25) is 11.8 Å². The molecule has 1 saturated heterocycles. The number of carbonyl (C=O) groups excluding carboxylic acids is 2. The molecule has 1 heterocycles. The van der Waals surface area contributed by atoms with Crippen molar-refractivity contribution in [3.63, 3.8) is 0 Å². The second kappa shape index (κ2) is 13.3. The molecule has 5 heteroatoms. The van der Waals surface area contributed by atoms with E-state index < -0.39 is 0 Å². The first kappa shape index (κ1) is 23.1. The van der Waals surface area contributed by atoms with Crippen LogP contribution in [0.15, 0.2) is 0 Å². The lowest BCUT2D eigenvalue weighted by Crippen LogP contribution is -2.45. The van der Waals surface area contributed by atoms with Gasteiger partial charge in [0, 0.05) is 32.4 Å². The van der Waals surface area contributed by atoms with Crippen molar-refractivity contribution in [2.45, 2.75) is 83.5 Å². The number of piperidine rings is 1. The van der Waals surface area contributed by atoms with E-state index in [9.17, 15) is 9.59 Å². The van der Waals surface area contributed by atoms with Crippen LogP contribution in [0.5, 0.6) is 0 Å². The molecule has 0 aromatic heterocycles. The van der Waals surface area contributed by atoms with Gasteiger partial charge in [0.15, 0.2) is 0 Å². The summed E-state index contributed by atoms with van der Waals surface area (Å²) >= 11 is 0. The molecule has 0 aromatic rings. The molecule has 1 aliphatic heterocycles. The fourth-order valence-corrected chi connectivity index (χ4v) is 3.71. The summed E-state index contributed by atoms with van der Waals surface area (Å²) in [6.45, 7) is 3.11. The number of likely N-dealkylation sites (tertiary alicyclic amines) is 1. The Morgan fingerprint density at radius 1 is 0.769 bits per heavy atom. The van der Waals surface area contributed by atoms with Crippen LogP contribution in [-0.4, -0.2) is 66.6 Å². The van der Waals surface area contributed by atoms with Crippen molar-refractivity contribution in [3.05, 3.63) is 0 Å². The average Bonchev–Trinajstić information content (AvgIpc) is 2.59. The van der Waals surface area contributed by atoms with Crippen LogP contribution in [-0.2, 0) is 9.59 Å². The van der Waals surface area contributed by atoms with Crippen LogP contribution in [0.25, 0.3) is 0 Å². The van der Waals surface area contributed by atoms with Crippen LogP contribution in [0.2, 0.25) is 0 Å². The van der Waals surface area contributed by atoms with Gasteiger partial charge in [-0.3, -0.25) is 14.5 Å². The minimum absolute atomic E-state index is 0.0166. The second-order valence-electron chi connectivity index (χ2n) is 8.43. The van der Waals surface area contributed by atoms with Crippen molar-refractivity contribution in [2.75, 3.05) is 40.3 Å². The van der Waals surface area contributed by atoms with Gasteiger partial charge in [-0.05, 0) is 25.7 Å². The number of quaternary nitrogens is 1. The molecule has 0 radical (unpaired) electrons. The van der Waals surface area contributed by atoms with E-state index in [0.717, 1.165) is 36.7 Å². The van der Waals surface area contributed by atoms with E-state index in [1.807, 2.05) is 0 Å². The van der Waals surface area contributed by atoms with E-state index in [-0.39, 0.29) is 11.8 Å². The number of aliphatic hydroxyl groups excluding tert-OH is 1. The zero-order valence-corrected chi connectivity index (χ0v) is 17.2. The molecule has 0 saturated carbocycles. The van der Waals surface area contributed by atoms with Gasteiger partial charge in [-0.15, -0.1) is 0 Å². The van der Waals surface area contributed by atoms with Crippen molar-refractivity contribution in [2.24, 2.45) is 0 Å². The Balaban J connectivity index is 2.02. The predicted molar refractivity (Wildman–Crippen MR) is 106 cm³/mol. The van der Waals surface area contributed by atoms with E-state index in [1.54, 1.807) is 0 Å². The highest BCUT2D eigenvalue weighted by atomic mass is 16.3. The summed E-state index contributed by atoms with van der Waals surface area (Å²) in [4.78, 5) is 25.1. The third-order valence-corrected chi connectivity index (χ3v) is 5.45. The first-order valence-electron chi connectivity index (χ1n) is 10.7. The van der Waals surface area contributed by atoms with E-state index in [1.165, 1.54) is 56.4 Å². The summed E-state index contributed by atoms with van der Waals surface area (Å²) in [6.07, 6.45) is 13.9. The van der Waals surface area contributed by atoms with Crippen molar-refractivity contribution < 1.29 is 19.2 Å². The number of imide groups is 1. The Bertz CT molecular complexity index is 394. The highest BCUT2D eigenvalue weighted by Crippen LogP contribution is 2.14. The molecule has 0 bridgehead atoms. The molecule has 0 aromatic carbocycles. The Morgan fingerprint density at radius 2 is 1.23 bits per heavy atom. The molecule has 0 unspecified atom stereocenters. The largest absolute Gasteiger partial charge is 0.396 e. The molecule has 0 spiro atoms. The van der Waals surface area contributed by atoms with E-state index in [0.29, 0.717) is 26.0 Å². The molecule has 1 aliphatic rings. The number of hydrogen-bond acceptors (Lipinski definition) is 3. The van der Waals surface area contributed by atoms with Crippen molar-refractivity contribution >= 4 is 11.8 Å². The number of amides is 2. The standard InChI is InChI=1S/C21H41N2O3/c1-23(2,17-10-8-6-4-3-5-7-9-11-19-24)18-13-16-22-20(25)14-12-15-21(22)26/h24H,3-19H2,1-2H3/q+1. The Kier molecular flexibility index (Phi) is 11.8. The third kappa shape index (κ3) is 10.3. The normalized spacial score (nSPS) is 15.7. The van der Waals surface area contributed by atoms with Crippen LogP contribution >= 0.6 is 0 Å². The Hall–Kier alpha value is -0.940. The smallest absolute Gasteiger partial charge is 0.229 e. The fourth-order valence-electron chi connectivity index (χ4n) is 3.71. The molecule has 1 rings (SSSR count). The molecule has 0 atom stereocenters. The Morgan fingerprint density at radius 3 is 1.77 bits per heavy atom. The SMILES string of the molecule is C[N+](C)(CCCCCCCCCCCO)CCCN1C(=O)CCCC1=O. The van der Waals surface area contributed by atoms with Gasteiger partial charge in [-0.1, -0.05) is 38.5 Å². The first-order valence-corrected chi connectivity index (χ1v) is 10.7. The lowest BCUT2D eigenvalue weighted by molar-refractivity contribution is -0.890. The molecule has 0 aliphatic carbocycles. The summed E-state index contributed by atoms with van der Waals surface area (Å²) < 4.78 is 0.970. The number of nitrogens with zero attached hydrogens (tertiary/aromatic N) is 2. The number of unbranched alkanes of at least 4 members (excludes halogenated alkanes) is 8. The van der Waals surface area contributed by atoms with Crippen LogP contribution in [0.3, 0.4) is 0 Å². The monoisotopic (exact) mass is 369 g/mol. The lowest BCUT2D eigenvalue weighted by Gasteiger charge is -2.31. The molecule has 1 N–H and O–H groups in total. The third-order valence-electron chi connectivity index (χ3n) is 5.45.